The van der Waals surface area contributed by atoms with Crippen LogP contribution in [0.25, 0.3) is 22.2 Å². The second-order valence-corrected chi connectivity index (χ2v) is 12.1. The largest absolute Gasteiger partial charge is 0.323 e. The third-order valence-corrected chi connectivity index (χ3v) is 8.24. The average molecular weight is 618 g/mol. The molecule has 2 N–H and O–H groups in total. The lowest BCUT2D eigenvalue weighted by Crippen LogP contribution is -2.30. The SMILES string of the molecule is C=CCCCn1c(=O)c(NC(=O)Nc2c(C(C)C)cccc2C(C)C)c(-c2cccc(C#CCN(CC)CC)c2)c2cccnc21. The van der Waals surface area contributed by atoms with Crippen LogP contribution in [0.4, 0.5) is 16.2 Å². The zero-order chi connectivity index (χ0) is 33.2. The molecule has 0 aliphatic rings. The Hall–Kier alpha value is -4.67. The molecule has 0 bridgehead atoms. The number of nitrogens with one attached hydrogen (secondary N) is 2. The van der Waals surface area contributed by atoms with Gasteiger partial charge in [0.05, 0.1) is 6.54 Å². The van der Waals surface area contributed by atoms with Crippen LogP contribution in [0, 0.1) is 11.8 Å². The first-order valence-corrected chi connectivity index (χ1v) is 16.3. The maximum Gasteiger partial charge on any atom is 0.323 e. The molecule has 4 rings (SSSR count). The molecule has 2 aromatic carbocycles. The standard InChI is InChI=1S/C39H47N5O2/c1-8-11-12-25-44-37-33(22-15-23-40-37)34(30-19-13-17-29(26-30)18-16-24-43(9-2)10-3)36(38(44)45)42-39(46)41-35-31(27(4)5)20-14-21-32(35)28(6)7/h8,13-15,17,19-23,26-28H,1,9-12,24-25H2,2-7H3,(H2,41,42,46). The fourth-order valence-electron chi connectivity index (χ4n) is 5.70. The molecule has 7 heteroatoms. The van der Waals surface area contributed by atoms with Gasteiger partial charge >= 0.3 is 6.03 Å². The molecule has 0 aliphatic carbocycles. The number of rotatable bonds is 12. The van der Waals surface area contributed by atoms with E-state index in [1.54, 1.807) is 10.8 Å². The van der Waals surface area contributed by atoms with Crippen molar-refractivity contribution in [1.82, 2.24) is 14.5 Å². The summed E-state index contributed by atoms with van der Waals surface area (Å²) in [6.45, 7) is 19.5. The van der Waals surface area contributed by atoms with E-state index in [1.807, 2.05) is 60.7 Å². The van der Waals surface area contributed by atoms with Gasteiger partial charge in [-0.05, 0) is 78.7 Å². The van der Waals surface area contributed by atoms with Crippen LogP contribution in [0.3, 0.4) is 0 Å². The second kappa shape index (κ2) is 16.1. The highest BCUT2D eigenvalue weighted by Crippen LogP contribution is 2.35. The molecule has 2 aromatic heterocycles. The van der Waals surface area contributed by atoms with Crippen molar-refractivity contribution in [2.45, 2.75) is 72.8 Å². The number of carbonyl (C=O) groups is 1. The van der Waals surface area contributed by atoms with E-state index in [9.17, 15) is 9.59 Å². The molecule has 0 aliphatic heterocycles. The van der Waals surface area contributed by atoms with E-state index < -0.39 is 6.03 Å². The maximum atomic E-state index is 14.3. The smallest absolute Gasteiger partial charge is 0.307 e. The van der Waals surface area contributed by atoms with E-state index >= 15 is 0 Å². The molecule has 4 aromatic rings. The summed E-state index contributed by atoms with van der Waals surface area (Å²) in [6.07, 6.45) is 5.01. The molecule has 0 radical (unpaired) electrons. The number of fused-ring (bicyclic) bond motifs is 1. The van der Waals surface area contributed by atoms with Crippen LogP contribution < -0.4 is 16.2 Å². The fraction of sp³-hybridized carbons (Fsp3) is 0.359. The topological polar surface area (TPSA) is 79.3 Å². The van der Waals surface area contributed by atoms with Crippen LogP contribution in [0.15, 0.2) is 78.2 Å². The maximum absolute atomic E-state index is 14.3. The van der Waals surface area contributed by atoms with Crippen LogP contribution in [0.2, 0.25) is 0 Å². The number of hydrogen-bond donors (Lipinski definition) is 2. The molecule has 0 unspecified atom stereocenters. The van der Waals surface area contributed by atoms with Gasteiger partial charge in [-0.3, -0.25) is 14.3 Å². The zero-order valence-electron chi connectivity index (χ0n) is 28.1. The summed E-state index contributed by atoms with van der Waals surface area (Å²) < 4.78 is 1.66. The number of anilines is 2. The molecule has 46 heavy (non-hydrogen) atoms. The van der Waals surface area contributed by atoms with Gasteiger partial charge in [-0.1, -0.05) is 89.8 Å². The highest BCUT2D eigenvalue weighted by atomic mass is 16.2. The second-order valence-electron chi connectivity index (χ2n) is 12.1. The Balaban J connectivity index is 1.87. The number of para-hydroxylation sites is 1. The molecule has 7 nitrogen and oxygen atoms in total. The normalized spacial score (nSPS) is 11.2. The Morgan fingerprint density at radius 3 is 2.30 bits per heavy atom. The minimum atomic E-state index is -0.468. The van der Waals surface area contributed by atoms with Gasteiger partial charge < -0.3 is 10.6 Å². The number of unbranched alkanes of at least 4 members (excludes halogenated alkanes) is 1. The summed E-state index contributed by atoms with van der Waals surface area (Å²) in [4.78, 5) is 35.1. The summed E-state index contributed by atoms with van der Waals surface area (Å²) in [6, 6.07) is 17.3. The average Bonchev–Trinajstić information content (AvgIpc) is 3.04. The first-order valence-electron chi connectivity index (χ1n) is 16.3. The molecule has 2 amide bonds. The van der Waals surface area contributed by atoms with Gasteiger partial charge in [0, 0.05) is 34.9 Å². The summed E-state index contributed by atoms with van der Waals surface area (Å²) in [5.41, 5.74) is 5.58. The van der Waals surface area contributed by atoms with Gasteiger partial charge in [-0.2, -0.15) is 0 Å². The quantitative estimate of drug-likeness (QED) is 0.0948. The number of carbonyl (C=O) groups excluding carboxylic acids is 1. The monoisotopic (exact) mass is 617 g/mol. The van der Waals surface area contributed by atoms with Crippen LogP contribution in [-0.2, 0) is 6.54 Å². The lowest BCUT2D eigenvalue weighted by molar-refractivity contribution is 0.262. The number of benzene rings is 2. The van der Waals surface area contributed by atoms with Crippen molar-refractivity contribution in [2.24, 2.45) is 0 Å². The molecule has 2 heterocycles. The fourth-order valence-corrected chi connectivity index (χ4v) is 5.70. The van der Waals surface area contributed by atoms with Crippen LogP contribution in [-0.4, -0.2) is 40.1 Å². The van der Waals surface area contributed by atoms with Crippen molar-refractivity contribution >= 4 is 28.4 Å². The van der Waals surface area contributed by atoms with E-state index in [4.69, 9.17) is 0 Å². The molecular formula is C39H47N5O2. The minimum Gasteiger partial charge on any atom is -0.307 e. The Morgan fingerprint density at radius 1 is 0.978 bits per heavy atom. The Kier molecular flexibility index (Phi) is 11.9. The third-order valence-electron chi connectivity index (χ3n) is 8.24. The lowest BCUT2D eigenvalue weighted by Gasteiger charge is -2.22. The molecule has 240 valence electrons. The first kappa shape index (κ1) is 34.2. The Morgan fingerprint density at radius 2 is 1.65 bits per heavy atom. The third kappa shape index (κ3) is 7.94. The van der Waals surface area contributed by atoms with Crippen LogP contribution in [0.1, 0.15) is 82.9 Å². The molecule has 0 atom stereocenters. The molecule has 0 saturated carbocycles. The molecule has 0 saturated heterocycles. The number of nitrogens with zero attached hydrogens (tertiary/aromatic N) is 3. The van der Waals surface area contributed by atoms with E-state index in [0.717, 1.165) is 59.3 Å². The number of pyridine rings is 2. The van der Waals surface area contributed by atoms with Crippen molar-refractivity contribution in [3.8, 4) is 23.0 Å². The number of aromatic nitrogens is 2. The van der Waals surface area contributed by atoms with Gasteiger partial charge in [-0.15, -0.1) is 6.58 Å². The summed E-state index contributed by atoms with van der Waals surface area (Å²) >= 11 is 0. The summed E-state index contributed by atoms with van der Waals surface area (Å²) in [7, 11) is 0. The van der Waals surface area contributed by atoms with E-state index in [2.05, 4.69) is 80.5 Å². The number of urea groups is 1. The van der Waals surface area contributed by atoms with Crippen molar-refractivity contribution in [2.75, 3.05) is 30.3 Å². The number of aryl methyl sites for hydroxylation is 1. The summed E-state index contributed by atoms with van der Waals surface area (Å²) in [5, 5.41) is 6.90. The van der Waals surface area contributed by atoms with Gasteiger partial charge in [0.25, 0.3) is 5.56 Å². The number of amides is 2. The van der Waals surface area contributed by atoms with E-state index in [0.29, 0.717) is 24.3 Å². The molecular weight excluding hydrogens is 570 g/mol. The van der Waals surface area contributed by atoms with Gasteiger partial charge in [-0.25, -0.2) is 9.78 Å². The highest BCUT2D eigenvalue weighted by Gasteiger charge is 2.22. The molecule has 0 fully saturated rings. The predicted octanol–water partition coefficient (Wildman–Crippen LogP) is 8.61. The zero-order valence-corrected chi connectivity index (χ0v) is 28.1. The highest BCUT2D eigenvalue weighted by molar-refractivity contribution is 6.07. The van der Waals surface area contributed by atoms with Crippen molar-refractivity contribution in [1.29, 1.82) is 0 Å². The van der Waals surface area contributed by atoms with Gasteiger partial charge in [0.1, 0.15) is 11.3 Å². The first-order chi connectivity index (χ1) is 22.2. The van der Waals surface area contributed by atoms with E-state index in [1.165, 1.54) is 0 Å². The van der Waals surface area contributed by atoms with E-state index in [-0.39, 0.29) is 23.1 Å². The lowest BCUT2D eigenvalue weighted by atomic mass is 9.93. The van der Waals surface area contributed by atoms with Crippen molar-refractivity contribution < 1.29 is 4.79 Å². The van der Waals surface area contributed by atoms with Crippen LogP contribution >= 0.6 is 0 Å². The number of allylic oxidation sites excluding steroid dienone is 1. The van der Waals surface area contributed by atoms with Crippen molar-refractivity contribution in [3.63, 3.8) is 0 Å². The van der Waals surface area contributed by atoms with Crippen molar-refractivity contribution in [3.05, 3.63) is 100 Å². The summed E-state index contributed by atoms with van der Waals surface area (Å²) in [5.74, 6) is 6.97. The van der Waals surface area contributed by atoms with Crippen LogP contribution in [0.5, 0.6) is 0 Å². The minimum absolute atomic E-state index is 0.198. The molecule has 0 spiro atoms. The predicted molar refractivity (Wildman–Crippen MR) is 193 cm³/mol. The van der Waals surface area contributed by atoms with Gasteiger partial charge in [0.2, 0.25) is 0 Å². The number of hydrogen-bond acceptors (Lipinski definition) is 4. The van der Waals surface area contributed by atoms with Gasteiger partial charge in [0.15, 0.2) is 0 Å². The Bertz CT molecular complexity index is 1780. The Labute approximate surface area is 273 Å².